The predicted octanol–water partition coefficient (Wildman–Crippen LogP) is 5.02. The second-order valence-electron chi connectivity index (χ2n) is 9.67. The Kier molecular flexibility index (Phi) is 5.72. The molecule has 4 heterocycles. The van der Waals surface area contributed by atoms with Crippen LogP contribution in [0.3, 0.4) is 0 Å². The van der Waals surface area contributed by atoms with Gasteiger partial charge in [0.05, 0.1) is 28.8 Å². The SMILES string of the molecule is Cc1cc(-c2ncnc3[nH]c(-c4cnn(C)c4)cc23)ccc1CNC(=O)c1cnc(C(C)(C)C)s1. The predicted molar refractivity (Wildman–Crippen MR) is 138 cm³/mol. The third kappa shape index (κ3) is 4.59. The molecule has 0 aliphatic heterocycles. The van der Waals surface area contributed by atoms with Crippen LogP contribution in [0.25, 0.3) is 33.5 Å². The fourth-order valence-corrected chi connectivity index (χ4v) is 4.81. The molecule has 0 aliphatic rings. The first kappa shape index (κ1) is 22.9. The number of rotatable bonds is 5. The van der Waals surface area contributed by atoms with E-state index in [0.717, 1.165) is 49.7 Å². The van der Waals surface area contributed by atoms with Crippen LogP contribution in [-0.4, -0.2) is 35.6 Å². The van der Waals surface area contributed by atoms with Gasteiger partial charge in [0.1, 0.15) is 16.9 Å². The average Bonchev–Trinajstić information content (AvgIpc) is 3.56. The molecule has 4 aromatic heterocycles. The van der Waals surface area contributed by atoms with Crippen molar-refractivity contribution < 1.29 is 4.79 Å². The van der Waals surface area contributed by atoms with E-state index in [4.69, 9.17) is 0 Å². The van der Waals surface area contributed by atoms with Crippen molar-refractivity contribution in [2.45, 2.75) is 39.7 Å². The quantitative estimate of drug-likeness (QED) is 0.364. The van der Waals surface area contributed by atoms with Crippen molar-refractivity contribution in [3.05, 3.63) is 70.2 Å². The van der Waals surface area contributed by atoms with Crippen molar-refractivity contribution >= 4 is 28.3 Å². The zero-order valence-electron chi connectivity index (χ0n) is 20.4. The first-order chi connectivity index (χ1) is 16.7. The summed E-state index contributed by atoms with van der Waals surface area (Å²) in [4.78, 5) is 30.0. The maximum atomic E-state index is 12.7. The zero-order chi connectivity index (χ0) is 24.7. The minimum atomic E-state index is -0.103. The maximum Gasteiger partial charge on any atom is 0.263 e. The Morgan fingerprint density at radius 1 is 1.11 bits per heavy atom. The highest BCUT2D eigenvalue weighted by Crippen LogP contribution is 2.31. The number of hydrogen-bond acceptors (Lipinski definition) is 6. The third-order valence-electron chi connectivity index (χ3n) is 5.87. The van der Waals surface area contributed by atoms with E-state index in [2.05, 4.69) is 63.3 Å². The molecule has 0 unspecified atom stereocenters. The Morgan fingerprint density at radius 3 is 2.63 bits per heavy atom. The number of fused-ring (bicyclic) bond motifs is 1. The van der Waals surface area contributed by atoms with Crippen molar-refractivity contribution in [1.82, 2.24) is 35.0 Å². The number of aryl methyl sites for hydroxylation is 2. The fraction of sp³-hybridized carbons (Fsp3) is 0.269. The van der Waals surface area contributed by atoms with Gasteiger partial charge in [-0.25, -0.2) is 15.0 Å². The molecule has 0 atom stereocenters. The Balaban J connectivity index is 1.36. The van der Waals surface area contributed by atoms with Crippen LogP contribution in [0.15, 0.2) is 49.2 Å². The van der Waals surface area contributed by atoms with Gasteiger partial charge in [-0.3, -0.25) is 9.48 Å². The number of aromatic amines is 1. The number of carbonyl (C=O) groups excluding carboxylic acids is 1. The van der Waals surface area contributed by atoms with Gasteiger partial charge in [-0.15, -0.1) is 11.3 Å². The van der Waals surface area contributed by atoms with E-state index in [1.54, 1.807) is 17.2 Å². The van der Waals surface area contributed by atoms with Crippen molar-refractivity contribution in [3.8, 4) is 22.5 Å². The van der Waals surface area contributed by atoms with E-state index in [1.165, 1.54) is 11.3 Å². The highest BCUT2D eigenvalue weighted by atomic mass is 32.1. The van der Waals surface area contributed by atoms with Crippen molar-refractivity contribution in [3.63, 3.8) is 0 Å². The Morgan fingerprint density at radius 2 is 1.94 bits per heavy atom. The molecular formula is C26H27N7OS. The summed E-state index contributed by atoms with van der Waals surface area (Å²) in [5, 5.41) is 9.19. The minimum Gasteiger partial charge on any atom is -0.347 e. The fourth-order valence-electron chi connectivity index (χ4n) is 3.92. The summed E-state index contributed by atoms with van der Waals surface area (Å²) in [5.41, 5.74) is 6.65. The number of hydrogen-bond donors (Lipinski definition) is 2. The van der Waals surface area contributed by atoms with Gasteiger partial charge in [-0.05, 0) is 30.2 Å². The summed E-state index contributed by atoms with van der Waals surface area (Å²) in [6.45, 7) is 8.78. The number of nitrogens with zero attached hydrogens (tertiary/aromatic N) is 5. The van der Waals surface area contributed by atoms with Crippen LogP contribution in [0.4, 0.5) is 0 Å². The molecule has 1 amide bonds. The molecule has 1 aromatic carbocycles. The van der Waals surface area contributed by atoms with Gasteiger partial charge in [-0.2, -0.15) is 5.10 Å². The number of amides is 1. The summed E-state index contributed by atoms with van der Waals surface area (Å²) < 4.78 is 1.77. The molecule has 5 aromatic rings. The van der Waals surface area contributed by atoms with Gasteiger partial charge in [0.15, 0.2) is 0 Å². The number of aromatic nitrogens is 6. The molecule has 0 spiro atoms. The smallest absolute Gasteiger partial charge is 0.263 e. The van der Waals surface area contributed by atoms with Crippen LogP contribution in [0.5, 0.6) is 0 Å². The normalized spacial score (nSPS) is 11.8. The molecule has 0 aliphatic carbocycles. The van der Waals surface area contributed by atoms with Gasteiger partial charge < -0.3 is 10.3 Å². The van der Waals surface area contributed by atoms with E-state index in [9.17, 15) is 4.79 Å². The lowest BCUT2D eigenvalue weighted by molar-refractivity contribution is 0.0954. The summed E-state index contributed by atoms with van der Waals surface area (Å²) >= 11 is 1.44. The molecule has 0 saturated carbocycles. The van der Waals surface area contributed by atoms with E-state index in [-0.39, 0.29) is 11.3 Å². The maximum absolute atomic E-state index is 12.7. The summed E-state index contributed by atoms with van der Waals surface area (Å²) in [6, 6.07) is 8.24. The molecule has 0 saturated heterocycles. The molecule has 0 radical (unpaired) electrons. The Bertz CT molecular complexity index is 1540. The van der Waals surface area contributed by atoms with Gasteiger partial charge in [-0.1, -0.05) is 32.9 Å². The summed E-state index contributed by atoms with van der Waals surface area (Å²) in [5.74, 6) is -0.103. The Labute approximate surface area is 207 Å². The van der Waals surface area contributed by atoms with Gasteiger partial charge in [0, 0.05) is 41.7 Å². The van der Waals surface area contributed by atoms with Gasteiger partial charge in [0.2, 0.25) is 0 Å². The van der Waals surface area contributed by atoms with Crippen LogP contribution < -0.4 is 5.32 Å². The van der Waals surface area contributed by atoms with E-state index >= 15 is 0 Å². The molecule has 8 nitrogen and oxygen atoms in total. The topological polar surface area (TPSA) is 101 Å². The largest absolute Gasteiger partial charge is 0.347 e. The number of carbonyl (C=O) groups is 1. The van der Waals surface area contributed by atoms with E-state index < -0.39 is 0 Å². The molecule has 5 rings (SSSR count). The number of nitrogens with one attached hydrogen (secondary N) is 2. The molecule has 178 valence electrons. The summed E-state index contributed by atoms with van der Waals surface area (Å²) in [7, 11) is 1.89. The molecule has 9 heteroatoms. The lowest BCUT2D eigenvalue weighted by atomic mass is 9.98. The van der Waals surface area contributed by atoms with E-state index in [1.807, 2.05) is 38.5 Å². The number of benzene rings is 1. The van der Waals surface area contributed by atoms with Crippen LogP contribution >= 0.6 is 11.3 Å². The number of thiazole rings is 1. The minimum absolute atomic E-state index is 0.0692. The third-order valence-corrected chi connectivity index (χ3v) is 7.29. The van der Waals surface area contributed by atoms with Gasteiger partial charge >= 0.3 is 0 Å². The highest BCUT2D eigenvalue weighted by molar-refractivity contribution is 7.13. The van der Waals surface area contributed by atoms with E-state index in [0.29, 0.717) is 11.4 Å². The standard InChI is InChI=1S/C26H27N7OS/c1-15-8-16(6-7-17(15)10-27-24(34)21-12-28-25(35-21)26(2,3)4)22-19-9-20(18-11-31-33(5)13-18)32-23(19)30-14-29-22/h6-9,11-14H,10H2,1-5H3,(H,27,34)(H,29,30,32). The molecule has 2 N–H and O–H groups in total. The number of H-pyrrole nitrogens is 1. The lowest BCUT2D eigenvalue weighted by Crippen LogP contribution is -2.22. The second-order valence-corrected chi connectivity index (χ2v) is 10.7. The summed E-state index contributed by atoms with van der Waals surface area (Å²) in [6.07, 6.45) is 7.02. The highest BCUT2D eigenvalue weighted by Gasteiger charge is 2.20. The first-order valence-electron chi connectivity index (χ1n) is 11.4. The average molecular weight is 486 g/mol. The van der Waals surface area contributed by atoms with Crippen LogP contribution in [0.2, 0.25) is 0 Å². The molecule has 35 heavy (non-hydrogen) atoms. The van der Waals surface area contributed by atoms with Crippen molar-refractivity contribution in [1.29, 1.82) is 0 Å². The monoisotopic (exact) mass is 485 g/mol. The van der Waals surface area contributed by atoms with Gasteiger partial charge in [0.25, 0.3) is 5.91 Å². The molecular weight excluding hydrogens is 458 g/mol. The first-order valence-corrected chi connectivity index (χ1v) is 12.2. The Hall–Kier alpha value is -3.85. The lowest BCUT2D eigenvalue weighted by Gasteiger charge is -2.13. The molecule has 0 fully saturated rings. The zero-order valence-corrected chi connectivity index (χ0v) is 21.2. The second kappa shape index (κ2) is 8.74. The molecule has 0 bridgehead atoms. The van der Waals surface area contributed by atoms with Crippen LogP contribution in [-0.2, 0) is 19.0 Å². The van der Waals surface area contributed by atoms with Crippen LogP contribution in [0, 0.1) is 6.92 Å². The van der Waals surface area contributed by atoms with Crippen molar-refractivity contribution in [2.24, 2.45) is 7.05 Å². The van der Waals surface area contributed by atoms with Crippen molar-refractivity contribution in [2.75, 3.05) is 0 Å². The van der Waals surface area contributed by atoms with Crippen LogP contribution in [0.1, 0.15) is 46.6 Å².